The second kappa shape index (κ2) is 8.38. The summed E-state index contributed by atoms with van der Waals surface area (Å²) < 4.78 is 57.8. The first-order valence-electron chi connectivity index (χ1n) is 6.49. The third-order valence-corrected chi connectivity index (χ3v) is 4.30. The number of hydrogen-bond acceptors (Lipinski definition) is 4. The van der Waals surface area contributed by atoms with Crippen LogP contribution in [0.5, 0.6) is 0 Å². The van der Waals surface area contributed by atoms with E-state index in [1.807, 2.05) is 0 Å². The summed E-state index contributed by atoms with van der Waals surface area (Å²) in [5.41, 5.74) is -0.00521. The van der Waals surface area contributed by atoms with Gasteiger partial charge in [0.05, 0.1) is 6.61 Å². The normalized spacial score (nSPS) is 11.8. The van der Waals surface area contributed by atoms with Crippen molar-refractivity contribution in [2.75, 3.05) is 20.3 Å². The Hall–Kier alpha value is -1.09. The van der Waals surface area contributed by atoms with Crippen molar-refractivity contribution in [1.29, 1.82) is 0 Å². The highest BCUT2D eigenvalue weighted by molar-refractivity contribution is 7.89. The summed E-state index contributed by atoms with van der Waals surface area (Å²) in [6.07, 6.45) is 2.11. The molecule has 120 valence electrons. The summed E-state index contributed by atoms with van der Waals surface area (Å²) >= 11 is 0. The largest absolute Gasteiger partial charge is 0.392 e. The standard InChI is InChI=1S/C13H19F2NO4S/c1-20-6-4-2-3-5-16-21(18,19)12-8-10(9-17)7-11(14)13(12)15/h7-8,16-17H,2-6,9H2,1H3. The predicted molar refractivity (Wildman–Crippen MR) is 73.2 cm³/mol. The molecule has 0 heterocycles. The van der Waals surface area contributed by atoms with Crippen LogP contribution in [-0.2, 0) is 21.4 Å². The zero-order valence-corrected chi connectivity index (χ0v) is 12.5. The fourth-order valence-corrected chi connectivity index (χ4v) is 2.95. The number of aliphatic hydroxyl groups is 1. The third kappa shape index (κ3) is 5.31. The van der Waals surface area contributed by atoms with Crippen molar-refractivity contribution in [1.82, 2.24) is 4.72 Å². The van der Waals surface area contributed by atoms with E-state index in [4.69, 9.17) is 9.84 Å². The Labute approximate surface area is 123 Å². The van der Waals surface area contributed by atoms with Gasteiger partial charge in [-0.3, -0.25) is 0 Å². The number of sulfonamides is 1. The quantitative estimate of drug-likeness (QED) is 0.676. The molecule has 0 aliphatic heterocycles. The smallest absolute Gasteiger partial charge is 0.243 e. The second-order valence-corrected chi connectivity index (χ2v) is 6.23. The van der Waals surface area contributed by atoms with E-state index in [9.17, 15) is 17.2 Å². The lowest BCUT2D eigenvalue weighted by molar-refractivity contribution is 0.192. The molecule has 0 atom stereocenters. The summed E-state index contributed by atoms with van der Waals surface area (Å²) in [6, 6.07) is 1.69. The van der Waals surface area contributed by atoms with E-state index in [-0.39, 0.29) is 12.1 Å². The number of ether oxygens (including phenoxy) is 1. The number of aliphatic hydroxyl groups excluding tert-OH is 1. The SMILES string of the molecule is COCCCCCNS(=O)(=O)c1cc(CO)cc(F)c1F. The van der Waals surface area contributed by atoms with Crippen LogP contribution >= 0.6 is 0 Å². The molecular weight excluding hydrogens is 304 g/mol. The van der Waals surface area contributed by atoms with E-state index >= 15 is 0 Å². The molecule has 1 rings (SSSR count). The van der Waals surface area contributed by atoms with Crippen molar-refractivity contribution in [2.45, 2.75) is 30.8 Å². The van der Waals surface area contributed by atoms with Crippen LogP contribution in [0.3, 0.4) is 0 Å². The Balaban J connectivity index is 2.72. The Morgan fingerprint density at radius 2 is 1.95 bits per heavy atom. The fraction of sp³-hybridized carbons (Fsp3) is 0.538. The van der Waals surface area contributed by atoms with Crippen molar-refractivity contribution in [3.05, 3.63) is 29.3 Å². The average molecular weight is 323 g/mol. The zero-order chi connectivity index (χ0) is 15.9. The molecule has 0 unspecified atom stereocenters. The van der Waals surface area contributed by atoms with Crippen molar-refractivity contribution in [2.24, 2.45) is 0 Å². The van der Waals surface area contributed by atoms with Crippen LogP contribution in [0, 0.1) is 11.6 Å². The molecule has 0 bridgehead atoms. The third-order valence-electron chi connectivity index (χ3n) is 2.84. The van der Waals surface area contributed by atoms with Gasteiger partial charge in [0.25, 0.3) is 0 Å². The first-order valence-corrected chi connectivity index (χ1v) is 7.98. The van der Waals surface area contributed by atoms with Gasteiger partial charge in [-0.1, -0.05) is 0 Å². The summed E-state index contributed by atoms with van der Waals surface area (Å²) in [6.45, 7) is 0.137. The lowest BCUT2D eigenvalue weighted by atomic mass is 10.2. The number of methoxy groups -OCH3 is 1. The Morgan fingerprint density at radius 1 is 1.24 bits per heavy atom. The number of unbranched alkanes of at least 4 members (excludes halogenated alkanes) is 2. The van der Waals surface area contributed by atoms with E-state index in [1.54, 1.807) is 7.11 Å². The van der Waals surface area contributed by atoms with Crippen molar-refractivity contribution in [3.63, 3.8) is 0 Å². The molecule has 21 heavy (non-hydrogen) atoms. The molecule has 0 saturated carbocycles. The number of benzene rings is 1. The number of nitrogens with one attached hydrogen (secondary N) is 1. The number of hydrogen-bond donors (Lipinski definition) is 2. The van der Waals surface area contributed by atoms with Gasteiger partial charge in [-0.2, -0.15) is 0 Å². The summed E-state index contributed by atoms with van der Waals surface area (Å²) in [5, 5.41) is 8.92. The molecule has 1 aromatic carbocycles. The van der Waals surface area contributed by atoms with Gasteiger partial charge in [0.15, 0.2) is 11.6 Å². The number of halogens is 2. The topological polar surface area (TPSA) is 75.6 Å². The molecule has 5 nitrogen and oxygen atoms in total. The molecule has 1 aromatic rings. The van der Waals surface area contributed by atoms with Gasteiger partial charge in [0.1, 0.15) is 4.90 Å². The molecule has 0 aromatic heterocycles. The van der Waals surface area contributed by atoms with Gasteiger partial charge in [-0.25, -0.2) is 21.9 Å². The fourth-order valence-electron chi connectivity index (χ4n) is 1.74. The minimum absolute atomic E-state index is 0.00521. The molecule has 0 aliphatic carbocycles. The highest BCUT2D eigenvalue weighted by Crippen LogP contribution is 2.20. The maximum Gasteiger partial charge on any atom is 0.243 e. The van der Waals surface area contributed by atoms with Crippen LogP contribution < -0.4 is 4.72 Å². The Bertz CT molecular complexity index is 564. The average Bonchev–Trinajstić information content (AvgIpc) is 2.45. The van der Waals surface area contributed by atoms with E-state index < -0.39 is 33.2 Å². The Kier molecular flexibility index (Phi) is 7.16. The van der Waals surface area contributed by atoms with Crippen LogP contribution in [0.25, 0.3) is 0 Å². The monoisotopic (exact) mass is 323 g/mol. The maximum atomic E-state index is 13.6. The molecule has 0 amide bonds. The summed E-state index contributed by atoms with van der Waals surface area (Å²) in [5.74, 6) is -2.75. The van der Waals surface area contributed by atoms with Crippen LogP contribution in [0.1, 0.15) is 24.8 Å². The highest BCUT2D eigenvalue weighted by atomic mass is 32.2. The van der Waals surface area contributed by atoms with Gasteiger partial charge < -0.3 is 9.84 Å². The Morgan fingerprint density at radius 3 is 2.57 bits per heavy atom. The molecule has 8 heteroatoms. The second-order valence-electron chi connectivity index (χ2n) is 4.50. The zero-order valence-electron chi connectivity index (χ0n) is 11.7. The van der Waals surface area contributed by atoms with Gasteiger partial charge in [-0.05, 0) is 37.0 Å². The van der Waals surface area contributed by atoms with E-state index in [0.717, 1.165) is 25.0 Å². The van der Waals surface area contributed by atoms with Gasteiger partial charge in [0, 0.05) is 20.3 Å². The van der Waals surface area contributed by atoms with Crippen molar-refractivity contribution >= 4 is 10.0 Å². The lowest BCUT2D eigenvalue weighted by Crippen LogP contribution is -2.26. The van der Waals surface area contributed by atoms with Crippen molar-refractivity contribution < 1.29 is 27.0 Å². The predicted octanol–water partition coefficient (Wildman–Crippen LogP) is 1.55. The molecule has 0 spiro atoms. The number of rotatable bonds is 9. The minimum atomic E-state index is -4.15. The molecule has 0 fully saturated rings. The van der Waals surface area contributed by atoms with E-state index in [1.165, 1.54) is 0 Å². The summed E-state index contributed by atoms with van der Waals surface area (Å²) in [7, 11) is -2.57. The van der Waals surface area contributed by atoms with Crippen LogP contribution in [-0.4, -0.2) is 33.8 Å². The van der Waals surface area contributed by atoms with Crippen LogP contribution in [0.4, 0.5) is 8.78 Å². The minimum Gasteiger partial charge on any atom is -0.392 e. The molecule has 0 saturated heterocycles. The van der Waals surface area contributed by atoms with Crippen molar-refractivity contribution in [3.8, 4) is 0 Å². The van der Waals surface area contributed by atoms with E-state index in [2.05, 4.69) is 4.72 Å². The molecule has 0 radical (unpaired) electrons. The lowest BCUT2D eigenvalue weighted by Gasteiger charge is -2.09. The molecule has 0 aliphatic rings. The first-order chi connectivity index (χ1) is 9.92. The van der Waals surface area contributed by atoms with E-state index in [0.29, 0.717) is 13.0 Å². The first kappa shape index (κ1) is 18.0. The van der Waals surface area contributed by atoms with Gasteiger partial charge in [0.2, 0.25) is 10.0 Å². The summed E-state index contributed by atoms with van der Waals surface area (Å²) in [4.78, 5) is -0.788. The molecule has 2 N–H and O–H groups in total. The maximum absolute atomic E-state index is 13.6. The molecular formula is C13H19F2NO4S. The van der Waals surface area contributed by atoms with Crippen LogP contribution in [0.2, 0.25) is 0 Å². The van der Waals surface area contributed by atoms with Gasteiger partial charge in [-0.15, -0.1) is 0 Å². The van der Waals surface area contributed by atoms with Gasteiger partial charge >= 0.3 is 0 Å². The van der Waals surface area contributed by atoms with Crippen LogP contribution in [0.15, 0.2) is 17.0 Å². The highest BCUT2D eigenvalue weighted by Gasteiger charge is 2.22.